The molecule has 1 aliphatic carbocycles. The number of carbonyl (C=O) groups is 1. The Morgan fingerprint density at radius 3 is 2.48 bits per heavy atom. The Balaban J connectivity index is 0.000000185. The van der Waals surface area contributed by atoms with Crippen molar-refractivity contribution in [3.63, 3.8) is 0 Å². The maximum absolute atomic E-state index is 10.1. The Kier molecular flexibility index (Phi) is 7.08. The molecule has 2 aromatic rings. The van der Waals surface area contributed by atoms with E-state index in [2.05, 4.69) is 6.92 Å². The zero-order valence-corrected chi connectivity index (χ0v) is 13.8. The molecule has 0 bridgehead atoms. The number of hydrogen-bond donors (Lipinski definition) is 1. The second-order valence-electron chi connectivity index (χ2n) is 6.13. The number of rotatable bonds is 4. The molecule has 0 aromatic heterocycles. The van der Waals surface area contributed by atoms with Crippen molar-refractivity contribution in [2.24, 2.45) is 5.92 Å². The summed E-state index contributed by atoms with van der Waals surface area (Å²) in [5.74, 6) is 0.911. The highest BCUT2D eigenvalue weighted by atomic mass is 16.5. The van der Waals surface area contributed by atoms with Crippen LogP contribution in [0.4, 0.5) is 0 Å². The van der Waals surface area contributed by atoms with Gasteiger partial charge in [-0.1, -0.05) is 55.8 Å². The van der Waals surface area contributed by atoms with Gasteiger partial charge < -0.3 is 9.84 Å². The Labute approximate surface area is 138 Å². The van der Waals surface area contributed by atoms with Crippen LogP contribution in [0.15, 0.2) is 42.5 Å². The van der Waals surface area contributed by atoms with Crippen molar-refractivity contribution in [3.05, 3.63) is 48.0 Å². The van der Waals surface area contributed by atoms with Crippen molar-refractivity contribution in [2.45, 2.75) is 51.7 Å². The van der Waals surface area contributed by atoms with Gasteiger partial charge in [0.05, 0.1) is 6.10 Å². The SMILES string of the molecule is CCC1CCC(O)CC1.O=COCc1cccc2ccccc12. The minimum absolute atomic E-state index is 0.0211. The van der Waals surface area contributed by atoms with E-state index in [0.717, 1.165) is 29.7 Å². The molecule has 0 aliphatic heterocycles. The van der Waals surface area contributed by atoms with Crippen LogP contribution < -0.4 is 0 Å². The standard InChI is InChI=1S/C12H10O2.C8H16O/c13-9-14-8-11-6-3-5-10-4-1-2-7-12(10)11;1-2-7-3-5-8(9)6-4-7/h1-7,9H,8H2;7-9H,2-6H2,1H3. The summed E-state index contributed by atoms with van der Waals surface area (Å²) >= 11 is 0. The van der Waals surface area contributed by atoms with Crippen LogP contribution in [0.1, 0.15) is 44.6 Å². The number of hydrogen-bond acceptors (Lipinski definition) is 3. The predicted octanol–water partition coefficient (Wildman–Crippen LogP) is 4.46. The van der Waals surface area contributed by atoms with Crippen LogP contribution in [0.3, 0.4) is 0 Å². The fourth-order valence-corrected chi connectivity index (χ4v) is 3.10. The van der Waals surface area contributed by atoms with E-state index in [-0.39, 0.29) is 6.10 Å². The third-order valence-electron chi connectivity index (χ3n) is 4.58. The molecule has 1 fully saturated rings. The molecule has 0 unspecified atom stereocenters. The molecule has 3 nitrogen and oxygen atoms in total. The van der Waals surface area contributed by atoms with E-state index in [0.29, 0.717) is 13.1 Å². The molecule has 3 heteroatoms. The van der Waals surface area contributed by atoms with Gasteiger partial charge in [0.25, 0.3) is 6.47 Å². The van der Waals surface area contributed by atoms with E-state index in [1.165, 1.54) is 24.6 Å². The van der Waals surface area contributed by atoms with Crippen LogP contribution in [-0.2, 0) is 16.1 Å². The molecule has 1 N–H and O–H groups in total. The molecule has 1 aliphatic rings. The summed E-state index contributed by atoms with van der Waals surface area (Å²) in [7, 11) is 0. The topological polar surface area (TPSA) is 46.5 Å². The summed E-state index contributed by atoms with van der Waals surface area (Å²) in [6.45, 7) is 3.05. The highest BCUT2D eigenvalue weighted by Crippen LogP contribution is 2.26. The van der Waals surface area contributed by atoms with Gasteiger partial charge in [0.2, 0.25) is 0 Å². The molecular formula is C20H26O3. The van der Waals surface area contributed by atoms with E-state index < -0.39 is 0 Å². The van der Waals surface area contributed by atoms with Gasteiger partial charge in [-0.05, 0) is 47.9 Å². The van der Waals surface area contributed by atoms with Crippen LogP contribution in [0, 0.1) is 5.92 Å². The van der Waals surface area contributed by atoms with E-state index in [1.54, 1.807) is 0 Å². The Morgan fingerprint density at radius 2 is 1.78 bits per heavy atom. The molecule has 0 amide bonds. The van der Waals surface area contributed by atoms with Crippen LogP contribution >= 0.6 is 0 Å². The molecular weight excluding hydrogens is 288 g/mol. The normalized spacial score (nSPS) is 20.4. The van der Waals surface area contributed by atoms with Crippen molar-refractivity contribution < 1.29 is 14.6 Å². The zero-order chi connectivity index (χ0) is 16.5. The number of fused-ring (bicyclic) bond motifs is 1. The first-order valence-electron chi connectivity index (χ1n) is 8.44. The fraction of sp³-hybridized carbons (Fsp3) is 0.450. The van der Waals surface area contributed by atoms with Gasteiger partial charge in [-0.3, -0.25) is 4.79 Å². The first-order valence-corrected chi connectivity index (χ1v) is 8.44. The molecule has 124 valence electrons. The van der Waals surface area contributed by atoms with Crippen molar-refractivity contribution in [1.82, 2.24) is 0 Å². The van der Waals surface area contributed by atoms with Crippen molar-refractivity contribution >= 4 is 17.2 Å². The Morgan fingerprint density at radius 1 is 1.09 bits per heavy atom. The first-order chi connectivity index (χ1) is 11.2. The maximum Gasteiger partial charge on any atom is 0.293 e. The number of ether oxygens (including phenoxy) is 1. The summed E-state index contributed by atoms with van der Waals surface area (Å²) < 4.78 is 4.75. The molecule has 0 radical (unpaired) electrons. The Hall–Kier alpha value is -1.87. The van der Waals surface area contributed by atoms with Gasteiger partial charge in [0, 0.05) is 0 Å². The second kappa shape index (κ2) is 9.31. The lowest BCUT2D eigenvalue weighted by atomic mass is 9.86. The summed E-state index contributed by atoms with van der Waals surface area (Å²) in [4.78, 5) is 10.1. The van der Waals surface area contributed by atoms with Crippen LogP contribution in [0.25, 0.3) is 10.8 Å². The quantitative estimate of drug-likeness (QED) is 0.848. The highest BCUT2D eigenvalue weighted by molar-refractivity contribution is 5.85. The maximum atomic E-state index is 10.1. The van der Waals surface area contributed by atoms with Crippen molar-refractivity contribution in [2.75, 3.05) is 0 Å². The third-order valence-corrected chi connectivity index (χ3v) is 4.58. The summed E-state index contributed by atoms with van der Waals surface area (Å²) in [5, 5.41) is 11.4. The van der Waals surface area contributed by atoms with Gasteiger partial charge in [-0.25, -0.2) is 0 Å². The zero-order valence-electron chi connectivity index (χ0n) is 13.8. The summed E-state index contributed by atoms with van der Waals surface area (Å²) in [6, 6.07) is 14.0. The van der Waals surface area contributed by atoms with Gasteiger partial charge in [-0.15, -0.1) is 0 Å². The first kappa shape index (κ1) is 17.5. The predicted molar refractivity (Wildman–Crippen MR) is 93.1 cm³/mol. The average molecular weight is 314 g/mol. The molecule has 1 saturated carbocycles. The monoisotopic (exact) mass is 314 g/mol. The number of carbonyl (C=O) groups excluding carboxylic acids is 1. The molecule has 23 heavy (non-hydrogen) atoms. The van der Waals surface area contributed by atoms with E-state index in [4.69, 9.17) is 9.84 Å². The molecule has 0 saturated heterocycles. The minimum Gasteiger partial charge on any atom is -0.463 e. The molecule has 3 rings (SSSR count). The summed E-state index contributed by atoms with van der Waals surface area (Å²) in [6.07, 6.45) is 5.90. The van der Waals surface area contributed by atoms with Gasteiger partial charge >= 0.3 is 0 Å². The van der Waals surface area contributed by atoms with E-state index >= 15 is 0 Å². The molecule has 0 atom stereocenters. The third kappa shape index (κ3) is 5.36. The average Bonchev–Trinajstić information content (AvgIpc) is 2.61. The molecule has 0 heterocycles. The van der Waals surface area contributed by atoms with Gasteiger partial charge in [0.1, 0.15) is 6.61 Å². The molecule has 0 spiro atoms. The Bertz CT molecular complexity index is 595. The smallest absolute Gasteiger partial charge is 0.293 e. The lowest BCUT2D eigenvalue weighted by molar-refractivity contribution is -0.129. The van der Waals surface area contributed by atoms with E-state index in [9.17, 15) is 4.79 Å². The minimum atomic E-state index is 0.0211. The van der Waals surface area contributed by atoms with Crippen LogP contribution in [0.2, 0.25) is 0 Å². The number of aliphatic hydroxyl groups excluding tert-OH is 1. The lowest BCUT2D eigenvalue weighted by Gasteiger charge is -2.23. The van der Waals surface area contributed by atoms with Crippen LogP contribution in [0.5, 0.6) is 0 Å². The molecule has 2 aromatic carbocycles. The van der Waals surface area contributed by atoms with Crippen molar-refractivity contribution in [3.8, 4) is 0 Å². The largest absolute Gasteiger partial charge is 0.463 e. The van der Waals surface area contributed by atoms with Gasteiger partial charge in [-0.2, -0.15) is 0 Å². The van der Waals surface area contributed by atoms with Crippen LogP contribution in [-0.4, -0.2) is 17.7 Å². The lowest BCUT2D eigenvalue weighted by Crippen LogP contribution is -2.17. The summed E-state index contributed by atoms with van der Waals surface area (Å²) in [5.41, 5.74) is 1.04. The van der Waals surface area contributed by atoms with Crippen molar-refractivity contribution in [1.29, 1.82) is 0 Å². The number of benzene rings is 2. The van der Waals surface area contributed by atoms with Gasteiger partial charge in [0.15, 0.2) is 0 Å². The second-order valence-corrected chi connectivity index (χ2v) is 6.13. The van der Waals surface area contributed by atoms with E-state index in [1.807, 2.05) is 42.5 Å². The highest BCUT2D eigenvalue weighted by Gasteiger charge is 2.16. The number of aliphatic hydroxyl groups is 1. The fourth-order valence-electron chi connectivity index (χ4n) is 3.10.